The number of methoxy groups -OCH3 is 2. The summed E-state index contributed by atoms with van der Waals surface area (Å²) in [6.07, 6.45) is 0. The number of halogens is 1. The van der Waals surface area contributed by atoms with Gasteiger partial charge in [-0.05, 0) is 6.07 Å². The molecule has 0 fully saturated rings. The minimum Gasteiger partial charge on any atom is -0.496 e. The van der Waals surface area contributed by atoms with E-state index in [1.54, 1.807) is 6.07 Å². The molecule has 4 heteroatoms. The fraction of sp³-hybridized carbons (Fsp3) is 0.538. The molecule has 0 saturated carbocycles. The monoisotopic (exact) mass is 242 g/mol. The van der Waals surface area contributed by atoms with Gasteiger partial charge in [-0.1, -0.05) is 19.9 Å². The van der Waals surface area contributed by atoms with Crippen LogP contribution < -0.4 is 4.74 Å². The fourth-order valence-electron chi connectivity index (χ4n) is 1.73. The summed E-state index contributed by atoms with van der Waals surface area (Å²) < 4.78 is 23.9. The van der Waals surface area contributed by atoms with Crippen LogP contribution in [0, 0.1) is 5.82 Å². The van der Waals surface area contributed by atoms with E-state index in [-0.39, 0.29) is 19.0 Å². The van der Waals surface area contributed by atoms with Gasteiger partial charge in [0.15, 0.2) is 0 Å². The predicted molar refractivity (Wildman–Crippen MR) is 63.8 cm³/mol. The third-order valence-corrected chi connectivity index (χ3v) is 2.82. The maximum atomic E-state index is 13.7. The summed E-state index contributed by atoms with van der Waals surface area (Å²) in [5, 5.41) is 9.38. The van der Waals surface area contributed by atoms with Gasteiger partial charge in [-0.25, -0.2) is 4.39 Å². The molecule has 0 aliphatic carbocycles. The van der Waals surface area contributed by atoms with Gasteiger partial charge in [0, 0.05) is 18.1 Å². The van der Waals surface area contributed by atoms with E-state index in [1.807, 2.05) is 13.8 Å². The van der Waals surface area contributed by atoms with Crippen LogP contribution in [0.1, 0.15) is 25.0 Å². The van der Waals surface area contributed by atoms with Crippen LogP contribution in [-0.2, 0) is 16.8 Å². The van der Waals surface area contributed by atoms with Gasteiger partial charge in [0.25, 0.3) is 0 Å². The minimum atomic E-state index is -0.485. The molecule has 1 aromatic rings. The lowest BCUT2D eigenvalue weighted by atomic mass is 9.84. The third kappa shape index (κ3) is 2.76. The Morgan fingerprint density at radius 1 is 1.29 bits per heavy atom. The van der Waals surface area contributed by atoms with Gasteiger partial charge < -0.3 is 14.6 Å². The van der Waals surface area contributed by atoms with Crippen molar-refractivity contribution in [3.63, 3.8) is 0 Å². The average Bonchev–Trinajstić information content (AvgIpc) is 2.31. The second-order valence-corrected chi connectivity index (χ2v) is 4.58. The minimum absolute atomic E-state index is 0.0403. The van der Waals surface area contributed by atoms with Gasteiger partial charge >= 0.3 is 0 Å². The Balaban J connectivity index is 3.37. The van der Waals surface area contributed by atoms with Crippen molar-refractivity contribution in [1.29, 1.82) is 0 Å². The van der Waals surface area contributed by atoms with Crippen molar-refractivity contribution in [2.75, 3.05) is 20.8 Å². The summed E-state index contributed by atoms with van der Waals surface area (Å²) >= 11 is 0. The molecule has 1 rings (SSSR count). The van der Waals surface area contributed by atoms with E-state index in [9.17, 15) is 9.50 Å². The van der Waals surface area contributed by atoms with Crippen LogP contribution in [0.15, 0.2) is 12.1 Å². The van der Waals surface area contributed by atoms with Crippen molar-refractivity contribution >= 4 is 0 Å². The zero-order valence-electron chi connectivity index (χ0n) is 10.7. The van der Waals surface area contributed by atoms with E-state index in [0.717, 1.165) is 5.56 Å². The molecule has 0 aromatic heterocycles. The largest absolute Gasteiger partial charge is 0.496 e. The Bertz CT molecular complexity index is 388. The van der Waals surface area contributed by atoms with Gasteiger partial charge in [-0.2, -0.15) is 0 Å². The van der Waals surface area contributed by atoms with Crippen LogP contribution in [0.4, 0.5) is 4.39 Å². The topological polar surface area (TPSA) is 38.7 Å². The number of aliphatic hydroxyl groups excluding tert-OH is 1. The fourth-order valence-corrected chi connectivity index (χ4v) is 1.73. The van der Waals surface area contributed by atoms with Gasteiger partial charge in [0.2, 0.25) is 0 Å². The summed E-state index contributed by atoms with van der Waals surface area (Å²) in [6, 6.07) is 3.02. The van der Waals surface area contributed by atoms with Gasteiger partial charge in [-0.3, -0.25) is 0 Å². The maximum Gasteiger partial charge on any atom is 0.132 e. The van der Waals surface area contributed by atoms with E-state index >= 15 is 0 Å². The molecule has 0 saturated heterocycles. The first-order chi connectivity index (χ1) is 7.97. The molecule has 0 aliphatic rings. The first-order valence-corrected chi connectivity index (χ1v) is 5.43. The predicted octanol–water partition coefficient (Wildman–Crippen LogP) is 2.25. The third-order valence-electron chi connectivity index (χ3n) is 2.82. The summed E-state index contributed by atoms with van der Waals surface area (Å²) in [6.45, 7) is 3.85. The maximum absolute atomic E-state index is 13.7. The molecule has 1 N–H and O–H groups in total. The second kappa shape index (κ2) is 5.47. The summed E-state index contributed by atoms with van der Waals surface area (Å²) in [4.78, 5) is 0. The highest BCUT2D eigenvalue weighted by molar-refractivity contribution is 5.46. The Kier molecular flexibility index (Phi) is 4.48. The average molecular weight is 242 g/mol. The first-order valence-electron chi connectivity index (χ1n) is 5.43. The van der Waals surface area contributed by atoms with E-state index in [2.05, 4.69) is 0 Å². The molecular weight excluding hydrogens is 223 g/mol. The SMILES string of the molecule is COCc1c(F)ccc(C(C)(C)CO)c1OC. The van der Waals surface area contributed by atoms with Gasteiger partial charge in [0.1, 0.15) is 11.6 Å². The lowest BCUT2D eigenvalue weighted by Crippen LogP contribution is -2.23. The van der Waals surface area contributed by atoms with Crippen LogP contribution in [0.2, 0.25) is 0 Å². The van der Waals surface area contributed by atoms with Crippen LogP contribution in [-0.4, -0.2) is 25.9 Å². The van der Waals surface area contributed by atoms with Gasteiger partial charge in [-0.15, -0.1) is 0 Å². The van der Waals surface area contributed by atoms with Crippen LogP contribution in [0.25, 0.3) is 0 Å². The molecular formula is C13H19FO3. The van der Waals surface area contributed by atoms with E-state index in [4.69, 9.17) is 9.47 Å². The zero-order chi connectivity index (χ0) is 13.1. The number of ether oxygens (including phenoxy) is 2. The Morgan fingerprint density at radius 3 is 2.41 bits per heavy atom. The molecule has 3 nitrogen and oxygen atoms in total. The highest BCUT2D eigenvalue weighted by Crippen LogP contribution is 2.35. The van der Waals surface area contributed by atoms with Crippen molar-refractivity contribution < 1.29 is 19.0 Å². The normalized spacial score (nSPS) is 11.6. The summed E-state index contributed by atoms with van der Waals surface area (Å²) in [7, 11) is 2.99. The lowest BCUT2D eigenvalue weighted by molar-refractivity contribution is 0.176. The number of hydrogen-bond acceptors (Lipinski definition) is 3. The molecule has 0 bridgehead atoms. The molecule has 0 radical (unpaired) electrons. The molecule has 17 heavy (non-hydrogen) atoms. The molecule has 96 valence electrons. The molecule has 0 unspecified atom stereocenters. The highest BCUT2D eigenvalue weighted by atomic mass is 19.1. The smallest absolute Gasteiger partial charge is 0.132 e. The Morgan fingerprint density at radius 2 is 1.94 bits per heavy atom. The Hall–Kier alpha value is -1.13. The highest BCUT2D eigenvalue weighted by Gasteiger charge is 2.26. The summed E-state index contributed by atoms with van der Waals surface area (Å²) in [5.41, 5.74) is 0.673. The van der Waals surface area contributed by atoms with E-state index in [1.165, 1.54) is 20.3 Å². The lowest BCUT2D eigenvalue weighted by Gasteiger charge is -2.26. The number of hydrogen-bond donors (Lipinski definition) is 1. The number of benzene rings is 1. The van der Waals surface area contributed by atoms with Crippen molar-refractivity contribution in [2.24, 2.45) is 0 Å². The van der Waals surface area contributed by atoms with Crippen LogP contribution >= 0.6 is 0 Å². The number of aliphatic hydroxyl groups is 1. The van der Waals surface area contributed by atoms with Crippen LogP contribution in [0.5, 0.6) is 5.75 Å². The van der Waals surface area contributed by atoms with E-state index in [0.29, 0.717) is 11.3 Å². The standard InChI is InChI=1S/C13H19FO3/c1-13(2,8-15)10-5-6-11(14)9(7-16-3)12(10)17-4/h5-6,15H,7-8H2,1-4H3. The van der Waals surface area contributed by atoms with E-state index < -0.39 is 5.41 Å². The van der Waals surface area contributed by atoms with Crippen molar-refractivity contribution in [1.82, 2.24) is 0 Å². The Labute approximate surface area is 101 Å². The van der Waals surface area contributed by atoms with Gasteiger partial charge in [0.05, 0.1) is 25.9 Å². The van der Waals surface area contributed by atoms with Crippen molar-refractivity contribution in [3.05, 3.63) is 29.1 Å². The van der Waals surface area contributed by atoms with Crippen molar-refractivity contribution in [2.45, 2.75) is 25.9 Å². The zero-order valence-corrected chi connectivity index (χ0v) is 10.7. The quantitative estimate of drug-likeness (QED) is 0.860. The second-order valence-electron chi connectivity index (χ2n) is 4.58. The number of rotatable bonds is 5. The molecule has 0 amide bonds. The van der Waals surface area contributed by atoms with Crippen molar-refractivity contribution in [3.8, 4) is 5.75 Å². The molecule has 1 aromatic carbocycles. The molecule has 0 spiro atoms. The van der Waals surface area contributed by atoms with Crippen LogP contribution in [0.3, 0.4) is 0 Å². The molecule has 0 heterocycles. The molecule has 0 aliphatic heterocycles. The summed E-state index contributed by atoms with van der Waals surface area (Å²) in [5.74, 6) is 0.0899. The molecule has 0 atom stereocenters. The first kappa shape index (κ1) is 13.9.